The molecule has 1 aromatic carbocycles. The number of hydrogen-bond donors (Lipinski definition) is 3. The molecule has 0 atom stereocenters. The standard InChI is InChI=1S/C11H17N3O/c12-8-4-3-6-9-5-1-2-7-10(9)14-11(13)15/h1-2,5,7H,3-4,6,8,12H2,(H3,13,14,15). The lowest BCUT2D eigenvalue weighted by Gasteiger charge is -2.08. The van der Waals surface area contributed by atoms with E-state index in [0.29, 0.717) is 6.54 Å². The first-order chi connectivity index (χ1) is 7.24. The van der Waals surface area contributed by atoms with Gasteiger partial charge in [-0.1, -0.05) is 18.2 Å². The molecule has 0 radical (unpaired) electrons. The highest BCUT2D eigenvalue weighted by atomic mass is 16.2. The van der Waals surface area contributed by atoms with Gasteiger partial charge in [-0.2, -0.15) is 0 Å². The maximum atomic E-state index is 10.7. The number of hydrogen-bond acceptors (Lipinski definition) is 2. The Morgan fingerprint density at radius 1 is 1.27 bits per heavy atom. The maximum absolute atomic E-state index is 10.7. The van der Waals surface area contributed by atoms with Crippen LogP contribution >= 0.6 is 0 Å². The van der Waals surface area contributed by atoms with Gasteiger partial charge >= 0.3 is 6.03 Å². The fourth-order valence-electron chi connectivity index (χ4n) is 1.45. The van der Waals surface area contributed by atoms with E-state index in [0.717, 1.165) is 30.5 Å². The van der Waals surface area contributed by atoms with Crippen LogP contribution in [-0.4, -0.2) is 12.6 Å². The molecule has 0 aliphatic carbocycles. The number of nitrogens with one attached hydrogen (secondary N) is 1. The molecule has 0 spiro atoms. The van der Waals surface area contributed by atoms with Gasteiger partial charge in [0, 0.05) is 5.69 Å². The highest BCUT2D eigenvalue weighted by Crippen LogP contribution is 2.16. The molecule has 0 bridgehead atoms. The number of amides is 2. The van der Waals surface area contributed by atoms with Gasteiger partial charge in [-0.3, -0.25) is 0 Å². The van der Waals surface area contributed by atoms with Crippen molar-refractivity contribution in [3.05, 3.63) is 29.8 Å². The molecule has 0 heterocycles. The summed E-state index contributed by atoms with van der Waals surface area (Å²) in [6.45, 7) is 0.700. The van der Waals surface area contributed by atoms with Crippen LogP contribution in [-0.2, 0) is 6.42 Å². The summed E-state index contributed by atoms with van der Waals surface area (Å²) in [4.78, 5) is 10.7. The zero-order valence-electron chi connectivity index (χ0n) is 8.70. The molecule has 1 aromatic rings. The molecule has 4 heteroatoms. The van der Waals surface area contributed by atoms with Gasteiger partial charge in [0.25, 0.3) is 0 Å². The predicted octanol–water partition coefficient (Wildman–Crippen LogP) is 1.46. The first-order valence-corrected chi connectivity index (χ1v) is 5.08. The summed E-state index contributed by atoms with van der Waals surface area (Å²) in [6.07, 6.45) is 2.92. The molecule has 1 rings (SSSR count). The van der Waals surface area contributed by atoms with Gasteiger partial charge in [0.05, 0.1) is 0 Å². The zero-order chi connectivity index (χ0) is 11.1. The summed E-state index contributed by atoms with van der Waals surface area (Å²) in [5.74, 6) is 0. The van der Waals surface area contributed by atoms with Gasteiger partial charge in [0.2, 0.25) is 0 Å². The average molecular weight is 207 g/mol. The molecule has 4 nitrogen and oxygen atoms in total. The van der Waals surface area contributed by atoms with Crippen molar-refractivity contribution in [3.8, 4) is 0 Å². The summed E-state index contributed by atoms with van der Waals surface area (Å²) in [5, 5.41) is 2.61. The summed E-state index contributed by atoms with van der Waals surface area (Å²) in [6, 6.07) is 7.13. The predicted molar refractivity (Wildman–Crippen MR) is 61.6 cm³/mol. The van der Waals surface area contributed by atoms with Crippen LogP contribution in [0.4, 0.5) is 10.5 Å². The molecule has 0 fully saturated rings. The van der Waals surface area contributed by atoms with Gasteiger partial charge in [-0.25, -0.2) is 4.79 Å². The fourth-order valence-corrected chi connectivity index (χ4v) is 1.45. The number of carbonyl (C=O) groups is 1. The number of benzene rings is 1. The molecule has 2 amide bonds. The fraction of sp³-hybridized carbons (Fsp3) is 0.364. The highest BCUT2D eigenvalue weighted by molar-refractivity contribution is 5.88. The second-order valence-electron chi connectivity index (χ2n) is 3.39. The Morgan fingerprint density at radius 3 is 2.67 bits per heavy atom. The average Bonchev–Trinajstić information content (AvgIpc) is 2.20. The number of primary amides is 1. The summed E-state index contributed by atoms with van der Waals surface area (Å²) >= 11 is 0. The molecule has 15 heavy (non-hydrogen) atoms. The van der Waals surface area contributed by atoms with Gasteiger partial charge in [0.1, 0.15) is 0 Å². The molecule has 0 saturated heterocycles. The number of anilines is 1. The molecule has 82 valence electrons. The molecular weight excluding hydrogens is 190 g/mol. The van der Waals surface area contributed by atoms with Crippen LogP contribution in [0.1, 0.15) is 18.4 Å². The van der Waals surface area contributed by atoms with Crippen molar-refractivity contribution in [3.63, 3.8) is 0 Å². The Morgan fingerprint density at radius 2 is 2.00 bits per heavy atom. The molecule has 0 saturated carbocycles. The van der Waals surface area contributed by atoms with Crippen LogP contribution in [0.25, 0.3) is 0 Å². The molecular formula is C11H17N3O. The Balaban J connectivity index is 2.64. The van der Waals surface area contributed by atoms with E-state index in [4.69, 9.17) is 11.5 Å². The molecule has 5 N–H and O–H groups in total. The molecule has 0 aromatic heterocycles. The van der Waals surface area contributed by atoms with Crippen molar-refractivity contribution in [2.24, 2.45) is 11.5 Å². The van der Waals surface area contributed by atoms with E-state index >= 15 is 0 Å². The molecule has 0 unspecified atom stereocenters. The van der Waals surface area contributed by atoms with Gasteiger partial charge < -0.3 is 16.8 Å². The van der Waals surface area contributed by atoms with Crippen molar-refractivity contribution in [2.75, 3.05) is 11.9 Å². The minimum atomic E-state index is -0.527. The minimum absolute atomic E-state index is 0.527. The van der Waals surface area contributed by atoms with Crippen LogP contribution < -0.4 is 16.8 Å². The summed E-state index contributed by atoms with van der Waals surface area (Å²) < 4.78 is 0. The topological polar surface area (TPSA) is 81.1 Å². The third kappa shape index (κ3) is 3.99. The van der Waals surface area contributed by atoms with E-state index in [1.54, 1.807) is 0 Å². The van der Waals surface area contributed by atoms with Crippen LogP contribution in [0.3, 0.4) is 0 Å². The van der Waals surface area contributed by atoms with E-state index in [1.165, 1.54) is 0 Å². The van der Waals surface area contributed by atoms with Gasteiger partial charge in [-0.15, -0.1) is 0 Å². The summed E-state index contributed by atoms with van der Waals surface area (Å²) in [5.41, 5.74) is 12.4. The van der Waals surface area contributed by atoms with E-state index < -0.39 is 6.03 Å². The number of urea groups is 1. The Labute approximate surface area is 89.6 Å². The third-order valence-corrected chi connectivity index (χ3v) is 2.18. The van der Waals surface area contributed by atoms with Crippen molar-refractivity contribution >= 4 is 11.7 Å². The number of aryl methyl sites for hydroxylation is 1. The van der Waals surface area contributed by atoms with Crippen LogP contribution in [0, 0.1) is 0 Å². The highest BCUT2D eigenvalue weighted by Gasteiger charge is 2.02. The number of carbonyl (C=O) groups excluding carboxylic acids is 1. The Kier molecular flexibility index (Phi) is 4.63. The van der Waals surface area contributed by atoms with E-state index in [9.17, 15) is 4.79 Å². The monoisotopic (exact) mass is 207 g/mol. The molecule has 0 aliphatic heterocycles. The second-order valence-corrected chi connectivity index (χ2v) is 3.39. The van der Waals surface area contributed by atoms with Crippen LogP contribution in [0.2, 0.25) is 0 Å². The lowest BCUT2D eigenvalue weighted by Crippen LogP contribution is -2.20. The van der Waals surface area contributed by atoms with Crippen molar-refractivity contribution in [2.45, 2.75) is 19.3 Å². The number of rotatable bonds is 5. The molecule has 0 aliphatic rings. The number of nitrogens with two attached hydrogens (primary N) is 2. The smallest absolute Gasteiger partial charge is 0.316 e. The largest absolute Gasteiger partial charge is 0.351 e. The lowest BCUT2D eigenvalue weighted by molar-refractivity contribution is 0.259. The maximum Gasteiger partial charge on any atom is 0.316 e. The first-order valence-electron chi connectivity index (χ1n) is 5.08. The normalized spacial score (nSPS) is 9.93. The van der Waals surface area contributed by atoms with Crippen LogP contribution in [0.15, 0.2) is 24.3 Å². The van der Waals surface area contributed by atoms with E-state index in [1.807, 2.05) is 24.3 Å². The number of para-hydroxylation sites is 1. The van der Waals surface area contributed by atoms with E-state index in [-0.39, 0.29) is 0 Å². The van der Waals surface area contributed by atoms with Gasteiger partial charge in [-0.05, 0) is 37.4 Å². The zero-order valence-corrected chi connectivity index (χ0v) is 8.70. The lowest BCUT2D eigenvalue weighted by atomic mass is 10.1. The SMILES string of the molecule is NCCCCc1ccccc1NC(N)=O. The van der Waals surface area contributed by atoms with Crippen molar-refractivity contribution in [1.82, 2.24) is 0 Å². The first kappa shape index (κ1) is 11.5. The van der Waals surface area contributed by atoms with Gasteiger partial charge in [0.15, 0.2) is 0 Å². The number of unbranched alkanes of at least 4 members (excludes halogenated alkanes) is 1. The third-order valence-electron chi connectivity index (χ3n) is 2.18. The minimum Gasteiger partial charge on any atom is -0.351 e. The Hall–Kier alpha value is -1.55. The van der Waals surface area contributed by atoms with Crippen molar-refractivity contribution < 1.29 is 4.79 Å². The second kappa shape index (κ2) is 6.03. The summed E-state index contributed by atoms with van der Waals surface area (Å²) in [7, 11) is 0. The quantitative estimate of drug-likeness (QED) is 0.639. The van der Waals surface area contributed by atoms with Crippen molar-refractivity contribution in [1.29, 1.82) is 0 Å². The van der Waals surface area contributed by atoms with Crippen LogP contribution in [0.5, 0.6) is 0 Å². The van der Waals surface area contributed by atoms with E-state index in [2.05, 4.69) is 5.32 Å². The Bertz CT molecular complexity index is 325.